The standard InChI is InChI=1S/C15H8BrF3N2O2/c16-10-4-2-1-3-9(10)13-21-11-6-5-8(7-12(11)23-13)20-14(22)15(17,18)19/h1-7H,(H,20,22). The number of nitrogens with one attached hydrogen (secondary N) is 1. The molecule has 3 rings (SSSR count). The molecule has 0 radical (unpaired) electrons. The van der Waals surface area contributed by atoms with E-state index in [2.05, 4.69) is 20.9 Å². The van der Waals surface area contributed by atoms with Crippen LogP contribution in [-0.4, -0.2) is 17.1 Å². The smallest absolute Gasteiger partial charge is 0.436 e. The fourth-order valence-electron chi connectivity index (χ4n) is 1.95. The zero-order valence-corrected chi connectivity index (χ0v) is 12.9. The second-order valence-electron chi connectivity index (χ2n) is 4.63. The van der Waals surface area contributed by atoms with Crippen molar-refractivity contribution in [1.82, 2.24) is 4.98 Å². The van der Waals surface area contributed by atoms with Gasteiger partial charge in [0.05, 0.1) is 5.56 Å². The van der Waals surface area contributed by atoms with E-state index in [0.717, 1.165) is 4.47 Å². The molecule has 4 nitrogen and oxygen atoms in total. The quantitative estimate of drug-likeness (QED) is 0.692. The Balaban J connectivity index is 1.96. The van der Waals surface area contributed by atoms with E-state index in [1.165, 1.54) is 18.2 Å². The van der Waals surface area contributed by atoms with E-state index in [1.54, 1.807) is 11.4 Å². The zero-order valence-electron chi connectivity index (χ0n) is 11.3. The first kappa shape index (κ1) is 15.5. The summed E-state index contributed by atoms with van der Waals surface area (Å²) >= 11 is 3.38. The maximum absolute atomic E-state index is 12.3. The third-order valence-electron chi connectivity index (χ3n) is 3.01. The van der Waals surface area contributed by atoms with Gasteiger partial charge in [-0.15, -0.1) is 0 Å². The van der Waals surface area contributed by atoms with Crippen molar-refractivity contribution >= 4 is 38.6 Å². The van der Waals surface area contributed by atoms with Crippen LogP contribution in [-0.2, 0) is 4.79 Å². The Morgan fingerprint density at radius 2 is 1.91 bits per heavy atom. The molecule has 0 spiro atoms. The van der Waals surface area contributed by atoms with Crippen molar-refractivity contribution in [3.05, 3.63) is 46.9 Å². The molecule has 1 N–H and O–H groups in total. The summed E-state index contributed by atoms with van der Waals surface area (Å²) in [6.45, 7) is 0. The number of benzene rings is 2. The monoisotopic (exact) mass is 384 g/mol. The summed E-state index contributed by atoms with van der Waals surface area (Å²) in [5.74, 6) is -1.71. The van der Waals surface area contributed by atoms with E-state index in [-0.39, 0.29) is 11.3 Å². The van der Waals surface area contributed by atoms with Gasteiger partial charge in [0, 0.05) is 16.2 Å². The maximum atomic E-state index is 12.3. The molecule has 0 saturated carbocycles. The molecule has 2 aromatic carbocycles. The van der Waals surface area contributed by atoms with E-state index >= 15 is 0 Å². The summed E-state index contributed by atoms with van der Waals surface area (Å²) in [5, 5.41) is 1.77. The number of anilines is 1. The number of aromatic nitrogens is 1. The Labute approximate surface area is 136 Å². The van der Waals surface area contributed by atoms with Crippen LogP contribution >= 0.6 is 15.9 Å². The predicted molar refractivity (Wildman–Crippen MR) is 81.8 cm³/mol. The highest BCUT2D eigenvalue weighted by Gasteiger charge is 2.38. The van der Waals surface area contributed by atoms with Gasteiger partial charge in [-0.3, -0.25) is 4.79 Å². The molecular weight excluding hydrogens is 377 g/mol. The number of hydrogen-bond acceptors (Lipinski definition) is 3. The minimum Gasteiger partial charge on any atom is -0.436 e. The molecule has 3 aromatic rings. The number of carbonyl (C=O) groups excluding carboxylic acids is 1. The Bertz CT molecular complexity index is 890. The molecule has 0 fully saturated rings. The molecule has 0 saturated heterocycles. The van der Waals surface area contributed by atoms with Gasteiger partial charge in [-0.05, 0) is 40.2 Å². The summed E-state index contributed by atoms with van der Waals surface area (Å²) in [6, 6.07) is 11.4. The van der Waals surface area contributed by atoms with Gasteiger partial charge in [0.1, 0.15) is 5.52 Å². The fourth-order valence-corrected chi connectivity index (χ4v) is 2.41. The molecule has 1 aromatic heterocycles. The van der Waals surface area contributed by atoms with Crippen LogP contribution in [0.2, 0.25) is 0 Å². The third-order valence-corrected chi connectivity index (χ3v) is 3.70. The molecule has 0 atom stereocenters. The van der Waals surface area contributed by atoms with Crippen molar-refractivity contribution in [2.24, 2.45) is 0 Å². The first-order valence-electron chi connectivity index (χ1n) is 6.38. The summed E-state index contributed by atoms with van der Waals surface area (Å²) in [4.78, 5) is 15.2. The van der Waals surface area contributed by atoms with Crippen LogP contribution in [0, 0.1) is 0 Å². The highest BCUT2D eigenvalue weighted by molar-refractivity contribution is 9.10. The maximum Gasteiger partial charge on any atom is 0.471 e. The molecule has 23 heavy (non-hydrogen) atoms. The number of alkyl halides is 3. The highest BCUT2D eigenvalue weighted by Crippen LogP contribution is 2.31. The van der Waals surface area contributed by atoms with Crippen molar-refractivity contribution in [3.8, 4) is 11.5 Å². The Morgan fingerprint density at radius 3 is 2.61 bits per heavy atom. The number of halogens is 4. The Morgan fingerprint density at radius 1 is 1.17 bits per heavy atom. The topological polar surface area (TPSA) is 55.1 Å². The third kappa shape index (κ3) is 3.21. The molecule has 0 aliphatic rings. The lowest BCUT2D eigenvalue weighted by atomic mass is 10.2. The molecule has 0 unspecified atom stereocenters. The van der Waals surface area contributed by atoms with Crippen molar-refractivity contribution in [1.29, 1.82) is 0 Å². The lowest BCUT2D eigenvalue weighted by molar-refractivity contribution is -0.167. The second-order valence-corrected chi connectivity index (χ2v) is 5.49. The van der Waals surface area contributed by atoms with E-state index in [9.17, 15) is 18.0 Å². The van der Waals surface area contributed by atoms with Gasteiger partial charge in [-0.2, -0.15) is 13.2 Å². The molecular formula is C15H8BrF3N2O2. The van der Waals surface area contributed by atoms with Gasteiger partial charge in [0.2, 0.25) is 5.89 Å². The SMILES string of the molecule is O=C(Nc1ccc2nc(-c3ccccc3Br)oc2c1)C(F)(F)F. The lowest BCUT2D eigenvalue weighted by Gasteiger charge is -2.07. The molecule has 1 heterocycles. The highest BCUT2D eigenvalue weighted by atomic mass is 79.9. The number of nitrogens with zero attached hydrogens (tertiary/aromatic N) is 1. The molecule has 0 bridgehead atoms. The van der Waals surface area contributed by atoms with Crippen molar-refractivity contribution < 1.29 is 22.4 Å². The first-order valence-corrected chi connectivity index (χ1v) is 7.17. The average Bonchev–Trinajstić information content (AvgIpc) is 2.89. The normalized spacial score (nSPS) is 11.7. The van der Waals surface area contributed by atoms with Crippen LogP contribution in [0.25, 0.3) is 22.6 Å². The minimum absolute atomic E-state index is 0.0188. The molecule has 0 aliphatic carbocycles. The van der Waals surface area contributed by atoms with Gasteiger partial charge in [0.25, 0.3) is 0 Å². The minimum atomic E-state index is -4.95. The van der Waals surface area contributed by atoms with Crippen LogP contribution in [0.3, 0.4) is 0 Å². The number of amides is 1. The van der Waals surface area contributed by atoms with Gasteiger partial charge in [0.15, 0.2) is 5.58 Å². The predicted octanol–water partition coefficient (Wildman–Crippen LogP) is 4.76. The summed E-state index contributed by atoms with van der Waals surface area (Å²) < 4.78 is 43.1. The van der Waals surface area contributed by atoms with Crippen LogP contribution < -0.4 is 5.32 Å². The first-order chi connectivity index (χ1) is 10.8. The summed E-state index contributed by atoms with van der Waals surface area (Å²) in [5.41, 5.74) is 1.44. The number of carbonyl (C=O) groups is 1. The van der Waals surface area contributed by atoms with Gasteiger partial charge in [-0.25, -0.2) is 4.98 Å². The van der Waals surface area contributed by atoms with E-state index in [4.69, 9.17) is 4.42 Å². The summed E-state index contributed by atoms with van der Waals surface area (Å²) in [7, 11) is 0. The molecule has 118 valence electrons. The van der Waals surface area contributed by atoms with Gasteiger partial charge in [-0.1, -0.05) is 12.1 Å². The van der Waals surface area contributed by atoms with Gasteiger partial charge < -0.3 is 9.73 Å². The Hall–Kier alpha value is -2.35. The molecule has 1 amide bonds. The average molecular weight is 385 g/mol. The van der Waals surface area contributed by atoms with Crippen LogP contribution in [0.4, 0.5) is 18.9 Å². The summed E-state index contributed by atoms with van der Waals surface area (Å²) in [6.07, 6.45) is -4.95. The number of fused-ring (bicyclic) bond motifs is 1. The second kappa shape index (κ2) is 5.69. The van der Waals surface area contributed by atoms with Crippen molar-refractivity contribution in [3.63, 3.8) is 0 Å². The Kier molecular flexibility index (Phi) is 3.85. The fraction of sp³-hybridized carbons (Fsp3) is 0.0667. The number of rotatable bonds is 2. The largest absolute Gasteiger partial charge is 0.471 e. The number of oxazole rings is 1. The molecule has 0 aliphatic heterocycles. The van der Waals surface area contributed by atoms with Crippen molar-refractivity contribution in [2.75, 3.05) is 5.32 Å². The van der Waals surface area contributed by atoms with E-state index in [0.29, 0.717) is 17.0 Å². The van der Waals surface area contributed by atoms with Gasteiger partial charge >= 0.3 is 12.1 Å². The van der Waals surface area contributed by atoms with Crippen LogP contribution in [0.5, 0.6) is 0 Å². The lowest BCUT2D eigenvalue weighted by Crippen LogP contribution is -2.29. The van der Waals surface area contributed by atoms with Crippen molar-refractivity contribution in [2.45, 2.75) is 6.18 Å². The van der Waals surface area contributed by atoms with Crippen LogP contribution in [0.1, 0.15) is 0 Å². The van der Waals surface area contributed by atoms with E-state index < -0.39 is 12.1 Å². The van der Waals surface area contributed by atoms with Crippen LogP contribution in [0.15, 0.2) is 51.4 Å². The zero-order chi connectivity index (χ0) is 16.6. The number of hydrogen-bond donors (Lipinski definition) is 1. The van der Waals surface area contributed by atoms with E-state index in [1.807, 2.05) is 18.2 Å². The molecule has 8 heteroatoms.